The second-order valence-electron chi connectivity index (χ2n) is 5.15. The van der Waals surface area contributed by atoms with E-state index in [4.69, 9.17) is 4.52 Å². The first kappa shape index (κ1) is 14.5. The van der Waals surface area contributed by atoms with Gasteiger partial charge >= 0.3 is 0 Å². The summed E-state index contributed by atoms with van der Waals surface area (Å²) in [7, 11) is 0. The van der Waals surface area contributed by atoms with Crippen LogP contribution in [-0.2, 0) is 12.2 Å². The second kappa shape index (κ2) is 6.40. The first-order valence-electron chi connectivity index (χ1n) is 6.04. The molecule has 0 saturated carbocycles. The molecule has 0 bridgehead atoms. The summed E-state index contributed by atoms with van der Waals surface area (Å²) in [5.41, 5.74) is 0. The van der Waals surface area contributed by atoms with Gasteiger partial charge in [0.25, 0.3) is 0 Å². The van der Waals surface area contributed by atoms with E-state index >= 15 is 0 Å². The van der Waals surface area contributed by atoms with E-state index < -0.39 is 0 Å². The maximum Gasteiger partial charge on any atom is 0.229 e. The molecule has 1 aromatic heterocycles. The SMILES string of the molecule is CCCC(O)Cc1nc(CSC(C)(C)C)no1. The molecule has 0 amide bonds. The van der Waals surface area contributed by atoms with Crippen molar-refractivity contribution in [3.63, 3.8) is 0 Å². The van der Waals surface area contributed by atoms with Gasteiger partial charge in [-0.15, -0.1) is 11.8 Å². The average Bonchev–Trinajstić information content (AvgIpc) is 2.62. The molecule has 0 saturated heterocycles. The Morgan fingerprint density at radius 2 is 2.12 bits per heavy atom. The van der Waals surface area contributed by atoms with Gasteiger partial charge in [-0.1, -0.05) is 39.3 Å². The molecule has 0 aliphatic heterocycles. The molecule has 0 aliphatic carbocycles. The number of hydrogen-bond acceptors (Lipinski definition) is 5. The minimum absolute atomic E-state index is 0.197. The quantitative estimate of drug-likeness (QED) is 0.850. The topological polar surface area (TPSA) is 59.2 Å². The number of rotatable bonds is 6. The molecule has 1 N–H and O–H groups in total. The lowest BCUT2D eigenvalue weighted by molar-refractivity contribution is 0.151. The normalized spacial score (nSPS) is 13.9. The summed E-state index contributed by atoms with van der Waals surface area (Å²) >= 11 is 1.78. The van der Waals surface area contributed by atoms with Gasteiger partial charge in [-0.25, -0.2) is 0 Å². The van der Waals surface area contributed by atoms with Crippen molar-refractivity contribution in [2.24, 2.45) is 0 Å². The zero-order chi connectivity index (χ0) is 12.9. The molecule has 98 valence electrons. The molecule has 1 heterocycles. The predicted octanol–water partition coefficient (Wildman–Crippen LogP) is 2.80. The van der Waals surface area contributed by atoms with Crippen LogP contribution in [0.25, 0.3) is 0 Å². The Labute approximate surface area is 107 Å². The fourth-order valence-electron chi connectivity index (χ4n) is 1.35. The van der Waals surface area contributed by atoms with Crippen molar-refractivity contribution in [2.45, 2.75) is 63.6 Å². The smallest absolute Gasteiger partial charge is 0.229 e. The lowest BCUT2D eigenvalue weighted by Crippen LogP contribution is -2.10. The van der Waals surface area contributed by atoms with Gasteiger partial charge in [0, 0.05) is 4.75 Å². The highest BCUT2D eigenvalue weighted by Gasteiger charge is 2.15. The lowest BCUT2D eigenvalue weighted by atomic mass is 10.1. The van der Waals surface area contributed by atoms with Gasteiger partial charge in [0.15, 0.2) is 5.82 Å². The molecule has 0 spiro atoms. The van der Waals surface area contributed by atoms with Crippen LogP contribution >= 0.6 is 11.8 Å². The van der Waals surface area contributed by atoms with Crippen LogP contribution in [0.2, 0.25) is 0 Å². The molecular formula is C12H22N2O2S. The van der Waals surface area contributed by atoms with E-state index in [-0.39, 0.29) is 10.9 Å². The molecular weight excluding hydrogens is 236 g/mol. The van der Waals surface area contributed by atoms with Crippen LogP contribution < -0.4 is 0 Å². The Balaban J connectivity index is 2.42. The van der Waals surface area contributed by atoms with Crippen LogP contribution in [0.1, 0.15) is 52.3 Å². The standard InChI is InChI=1S/C12H22N2O2S/c1-5-6-9(15)7-11-13-10(14-16-11)8-17-12(2,3)4/h9,15H,5-8H2,1-4H3. The summed E-state index contributed by atoms with van der Waals surface area (Å²) in [4.78, 5) is 4.28. The second-order valence-corrected chi connectivity index (χ2v) is 6.95. The van der Waals surface area contributed by atoms with Gasteiger partial charge < -0.3 is 9.63 Å². The molecule has 1 rings (SSSR count). The number of nitrogens with zero attached hydrogens (tertiary/aromatic N) is 2. The molecule has 0 fully saturated rings. The zero-order valence-corrected chi connectivity index (χ0v) is 11.9. The Bertz CT molecular complexity index is 333. The lowest BCUT2D eigenvalue weighted by Gasteiger charge is -2.15. The summed E-state index contributed by atoms with van der Waals surface area (Å²) < 4.78 is 5.31. The maximum atomic E-state index is 9.64. The third kappa shape index (κ3) is 6.07. The van der Waals surface area contributed by atoms with Crippen LogP contribution in [0, 0.1) is 0 Å². The Hall–Kier alpha value is -0.550. The molecule has 17 heavy (non-hydrogen) atoms. The van der Waals surface area contributed by atoms with Crippen molar-refractivity contribution >= 4 is 11.8 Å². The van der Waals surface area contributed by atoms with Crippen molar-refractivity contribution in [1.29, 1.82) is 0 Å². The molecule has 1 atom stereocenters. The van der Waals surface area contributed by atoms with Crippen LogP contribution in [-0.4, -0.2) is 26.1 Å². The van der Waals surface area contributed by atoms with Crippen molar-refractivity contribution in [2.75, 3.05) is 0 Å². The number of aliphatic hydroxyl groups is 1. The minimum atomic E-state index is -0.372. The summed E-state index contributed by atoms with van der Waals surface area (Å²) in [5.74, 6) is 2.00. The third-order valence-electron chi connectivity index (χ3n) is 2.18. The monoisotopic (exact) mass is 258 g/mol. The van der Waals surface area contributed by atoms with Crippen LogP contribution in [0.3, 0.4) is 0 Å². The molecule has 0 radical (unpaired) electrons. The predicted molar refractivity (Wildman–Crippen MR) is 70.0 cm³/mol. The average molecular weight is 258 g/mol. The molecule has 0 aromatic carbocycles. The van der Waals surface area contributed by atoms with Crippen molar-refractivity contribution in [1.82, 2.24) is 10.1 Å². The van der Waals surface area contributed by atoms with Gasteiger partial charge in [0.05, 0.1) is 18.3 Å². The maximum absolute atomic E-state index is 9.64. The highest BCUT2D eigenvalue weighted by molar-refractivity contribution is 7.99. The molecule has 0 aliphatic rings. The molecule has 1 aromatic rings. The summed E-state index contributed by atoms with van der Waals surface area (Å²) in [5, 5.41) is 13.6. The third-order valence-corrected chi connectivity index (χ3v) is 3.45. The van der Waals surface area contributed by atoms with Crippen LogP contribution in [0.5, 0.6) is 0 Å². The Morgan fingerprint density at radius 3 is 2.71 bits per heavy atom. The first-order chi connectivity index (χ1) is 7.90. The fraction of sp³-hybridized carbons (Fsp3) is 0.833. The van der Waals surface area contributed by atoms with Gasteiger partial charge in [0.2, 0.25) is 5.89 Å². The Morgan fingerprint density at radius 1 is 1.41 bits per heavy atom. The van der Waals surface area contributed by atoms with Gasteiger partial charge in [-0.05, 0) is 6.42 Å². The van der Waals surface area contributed by atoms with Crippen molar-refractivity contribution in [3.8, 4) is 0 Å². The largest absolute Gasteiger partial charge is 0.393 e. The van der Waals surface area contributed by atoms with Gasteiger partial charge in [-0.3, -0.25) is 0 Å². The summed E-state index contributed by atoms with van der Waals surface area (Å²) in [6.07, 6.45) is 1.82. The Kier molecular flexibility index (Phi) is 5.46. The van der Waals surface area contributed by atoms with E-state index in [1.54, 1.807) is 11.8 Å². The number of thioether (sulfide) groups is 1. The van der Waals surface area contributed by atoms with E-state index in [0.29, 0.717) is 18.1 Å². The molecule has 1 unspecified atom stereocenters. The first-order valence-corrected chi connectivity index (χ1v) is 7.02. The molecule has 4 nitrogen and oxygen atoms in total. The highest BCUT2D eigenvalue weighted by Crippen LogP contribution is 2.26. The van der Waals surface area contributed by atoms with Crippen LogP contribution in [0.15, 0.2) is 4.52 Å². The number of aliphatic hydroxyl groups excluding tert-OH is 1. The zero-order valence-electron chi connectivity index (χ0n) is 11.1. The van der Waals surface area contributed by atoms with Crippen LogP contribution in [0.4, 0.5) is 0 Å². The van der Waals surface area contributed by atoms with E-state index in [1.165, 1.54) is 0 Å². The number of aromatic nitrogens is 2. The minimum Gasteiger partial charge on any atom is -0.393 e. The van der Waals surface area contributed by atoms with Crippen molar-refractivity contribution < 1.29 is 9.63 Å². The van der Waals surface area contributed by atoms with E-state index in [1.807, 2.05) is 6.92 Å². The molecule has 5 heteroatoms. The van der Waals surface area contributed by atoms with Gasteiger partial charge in [0.1, 0.15) is 0 Å². The van der Waals surface area contributed by atoms with E-state index in [9.17, 15) is 5.11 Å². The highest BCUT2D eigenvalue weighted by atomic mass is 32.2. The fourth-order valence-corrected chi connectivity index (χ4v) is 2.03. The summed E-state index contributed by atoms with van der Waals surface area (Å²) in [6.45, 7) is 8.51. The number of hydrogen-bond donors (Lipinski definition) is 1. The summed E-state index contributed by atoms with van der Waals surface area (Å²) in [6, 6.07) is 0. The van der Waals surface area contributed by atoms with E-state index in [0.717, 1.165) is 18.6 Å². The van der Waals surface area contributed by atoms with Gasteiger partial charge in [-0.2, -0.15) is 4.98 Å². The van der Waals surface area contributed by atoms with Crippen molar-refractivity contribution in [3.05, 3.63) is 11.7 Å². The van der Waals surface area contributed by atoms with E-state index in [2.05, 4.69) is 30.9 Å².